The normalized spacial score (nSPS) is 14.2. The zero-order valence-corrected chi connectivity index (χ0v) is 27.7. The molecule has 0 radical (unpaired) electrons. The molecule has 0 aliphatic carbocycles. The highest BCUT2D eigenvalue weighted by atomic mass is 16.5. The molecule has 2 aromatic carbocycles. The molecule has 0 saturated carbocycles. The number of fused-ring (bicyclic) bond motifs is 6. The molecule has 1 unspecified atom stereocenters. The van der Waals surface area contributed by atoms with E-state index in [0.29, 0.717) is 26.2 Å². The number of hydrogen-bond donors (Lipinski definition) is 0. The van der Waals surface area contributed by atoms with E-state index in [4.69, 9.17) is 22.4 Å². The molecule has 4 aromatic heterocycles. The number of nitrogens with zero attached hydrogens (tertiary/aromatic N) is 4. The fourth-order valence-electron chi connectivity index (χ4n) is 6.04. The van der Waals surface area contributed by atoms with E-state index in [1.54, 1.807) is 36.5 Å². The van der Waals surface area contributed by atoms with Gasteiger partial charge in [0, 0.05) is 69.3 Å². The molecule has 268 valence electrons. The summed E-state index contributed by atoms with van der Waals surface area (Å²) in [6.45, 7) is 1.83. The van der Waals surface area contributed by atoms with Crippen LogP contribution in [0.4, 0.5) is 5.82 Å². The predicted octanol–water partition coefficient (Wildman–Crippen LogP) is 1.89. The van der Waals surface area contributed by atoms with Crippen molar-refractivity contribution in [3.63, 3.8) is 0 Å². The number of pyridine rings is 1. The lowest BCUT2D eigenvalue weighted by Gasteiger charge is -2.36. The van der Waals surface area contributed by atoms with Gasteiger partial charge in [0.05, 0.1) is 6.54 Å². The van der Waals surface area contributed by atoms with Crippen LogP contribution in [-0.4, -0.2) is 59.2 Å². The van der Waals surface area contributed by atoms with Gasteiger partial charge in [0.15, 0.2) is 11.2 Å². The summed E-state index contributed by atoms with van der Waals surface area (Å²) in [6, 6.07) is 17.5. The number of carbonyl (C=O) groups excluding carboxylic acids is 1. The van der Waals surface area contributed by atoms with Crippen LogP contribution in [0.3, 0.4) is 0 Å². The monoisotopic (exact) mass is 720 g/mol. The van der Waals surface area contributed by atoms with Gasteiger partial charge < -0.3 is 27.3 Å². The van der Waals surface area contributed by atoms with Gasteiger partial charge in [-0.15, -0.1) is 0 Å². The Kier molecular flexibility index (Phi) is 9.59. The molecule has 0 bridgehead atoms. The smallest absolute Gasteiger partial charge is 0.336 e. The number of ether oxygens (including phenoxy) is 1. The van der Waals surface area contributed by atoms with Gasteiger partial charge >= 0.3 is 28.5 Å². The van der Waals surface area contributed by atoms with E-state index in [-0.39, 0.29) is 6.54 Å². The second kappa shape index (κ2) is 14.7. The number of piperazine rings is 1. The Morgan fingerprint density at radius 3 is 1.72 bits per heavy atom. The molecular formula is C37H28N4O12. The van der Waals surface area contributed by atoms with Crippen LogP contribution in [0.1, 0.15) is 5.56 Å². The summed E-state index contributed by atoms with van der Waals surface area (Å²) in [6.07, 6.45) is 3.38. The minimum atomic E-state index is -1.13. The van der Waals surface area contributed by atoms with Gasteiger partial charge in [0.1, 0.15) is 22.7 Å². The van der Waals surface area contributed by atoms with Crippen molar-refractivity contribution >= 4 is 51.0 Å². The Hall–Kier alpha value is -6.94. The van der Waals surface area contributed by atoms with Gasteiger partial charge in [-0.25, -0.2) is 29.0 Å². The summed E-state index contributed by atoms with van der Waals surface area (Å²) in [4.78, 5) is 100. The third-order valence-corrected chi connectivity index (χ3v) is 8.45. The van der Waals surface area contributed by atoms with E-state index >= 15 is 0 Å². The lowest BCUT2D eigenvalue weighted by molar-refractivity contribution is -0.144. The highest BCUT2D eigenvalue weighted by Gasteiger charge is 2.29. The molecule has 0 amide bonds. The Bertz CT molecular complexity index is 2650. The van der Waals surface area contributed by atoms with Crippen LogP contribution in [-0.2, 0) is 16.1 Å². The average Bonchev–Trinajstić information content (AvgIpc) is 3.39. The van der Waals surface area contributed by atoms with Gasteiger partial charge in [-0.2, -0.15) is 0 Å². The molecule has 1 aliphatic rings. The van der Waals surface area contributed by atoms with Crippen molar-refractivity contribution in [2.45, 2.75) is 12.6 Å². The first kappa shape index (κ1) is 34.5. The number of carbonyl (C=O) groups is 1. The lowest BCUT2D eigenvalue weighted by Crippen LogP contribution is -2.50. The van der Waals surface area contributed by atoms with Crippen LogP contribution in [0, 0.1) is 0 Å². The number of aromatic nitrogens is 2. The zero-order valence-electron chi connectivity index (χ0n) is 27.7. The molecule has 6 aromatic rings. The number of benzene rings is 2. The van der Waals surface area contributed by atoms with Crippen LogP contribution < -0.4 is 38.5 Å². The van der Waals surface area contributed by atoms with E-state index in [9.17, 15) is 33.6 Å². The van der Waals surface area contributed by atoms with Crippen molar-refractivity contribution in [1.82, 2.24) is 14.5 Å². The Morgan fingerprint density at radius 2 is 1.19 bits per heavy atom. The summed E-state index contributed by atoms with van der Waals surface area (Å²) in [7, 11) is 0. The molecule has 1 saturated heterocycles. The molecule has 1 atom stereocenters. The second-order valence-corrected chi connectivity index (χ2v) is 11.9. The minimum absolute atomic E-state index is 0.0966. The van der Waals surface area contributed by atoms with E-state index in [1.165, 1.54) is 6.08 Å². The van der Waals surface area contributed by atoms with Crippen molar-refractivity contribution < 1.29 is 27.2 Å². The van der Waals surface area contributed by atoms with Crippen LogP contribution in [0.15, 0.2) is 132 Å². The number of rotatable bonds is 8. The molecule has 1 aliphatic heterocycles. The lowest BCUT2D eigenvalue weighted by atomic mass is 10.2. The summed E-state index contributed by atoms with van der Waals surface area (Å²) in [5, 5.41) is -1.21. The van der Waals surface area contributed by atoms with E-state index < -0.39 is 85.3 Å². The highest BCUT2D eigenvalue weighted by molar-refractivity contribution is 6.17. The van der Waals surface area contributed by atoms with Crippen LogP contribution in [0.2, 0.25) is 0 Å². The Morgan fingerprint density at radius 1 is 0.660 bits per heavy atom. The Labute approximate surface area is 295 Å². The van der Waals surface area contributed by atoms with Gasteiger partial charge in [-0.3, -0.25) is 19.1 Å². The summed E-state index contributed by atoms with van der Waals surface area (Å²) < 4.78 is 27.8. The van der Waals surface area contributed by atoms with E-state index in [0.717, 1.165) is 40.2 Å². The molecule has 16 nitrogen and oxygen atoms in total. The van der Waals surface area contributed by atoms with Gasteiger partial charge in [0.2, 0.25) is 11.2 Å². The maximum atomic E-state index is 14.2. The number of hydrogen-bond acceptors (Lipinski definition) is 15. The number of esters is 1. The summed E-state index contributed by atoms with van der Waals surface area (Å²) in [5.74, 6) is 0.0543. The fourth-order valence-corrected chi connectivity index (χ4v) is 6.04. The van der Waals surface area contributed by atoms with Crippen LogP contribution in [0.5, 0.6) is 0 Å². The largest absolute Gasteiger partial charge is 0.456 e. The standard InChI is InChI=1S/C37H28N4O12/c42-25(10-9-22-6-2-1-3-7-22)49-23(20-39-16-18-40(19-17-39)24-8-4-5-15-38-24)21-41-36(47)30-31(37(41)48)33-35(53-29(46)14-12-27(44)51-33)34-32(30)50-26(43)11-13-28(45)52-34/h1-15,23H,16-21H2/b10-9+,13-11?,14-12?. The third-order valence-electron chi connectivity index (χ3n) is 8.45. The van der Waals surface area contributed by atoms with Crippen molar-refractivity contribution in [3.05, 3.63) is 153 Å². The molecule has 0 spiro atoms. The molecule has 16 heteroatoms. The van der Waals surface area contributed by atoms with Crippen molar-refractivity contribution in [1.29, 1.82) is 0 Å². The van der Waals surface area contributed by atoms with Crippen LogP contribution in [0.25, 0.3) is 39.2 Å². The van der Waals surface area contributed by atoms with E-state index in [1.807, 2.05) is 29.2 Å². The van der Waals surface area contributed by atoms with Crippen LogP contribution >= 0.6 is 0 Å². The van der Waals surface area contributed by atoms with Gasteiger partial charge in [-0.05, 0) is 23.8 Å². The van der Waals surface area contributed by atoms with Crippen molar-refractivity contribution in [3.8, 4) is 0 Å². The maximum absolute atomic E-state index is 14.2. The first-order valence-corrected chi connectivity index (χ1v) is 16.3. The van der Waals surface area contributed by atoms with Gasteiger partial charge in [0.25, 0.3) is 11.1 Å². The zero-order chi connectivity index (χ0) is 37.1. The maximum Gasteiger partial charge on any atom is 0.336 e. The Balaban J connectivity index is 1.34. The third kappa shape index (κ3) is 7.43. The summed E-state index contributed by atoms with van der Waals surface area (Å²) >= 11 is 0. The van der Waals surface area contributed by atoms with Crippen molar-refractivity contribution in [2.75, 3.05) is 37.6 Å². The average molecular weight is 721 g/mol. The molecule has 1 fully saturated rings. The van der Waals surface area contributed by atoms with Gasteiger partial charge in [-0.1, -0.05) is 36.4 Å². The molecule has 7 rings (SSSR count). The number of anilines is 1. The molecular weight excluding hydrogens is 692 g/mol. The molecule has 5 heterocycles. The second-order valence-electron chi connectivity index (χ2n) is 11.9. The SMILES string of the molecule is O=C(/C=C/c1ccccc1)OC(CN1CCN(c2ccccn2)CC1)Cn1c(=O)c2c3oc(=O)ccc(=O)oc3c3oc(=O)ccc(=O)oc3c2c1=O. The summed E-state index contributed by atoms with van der Waals surface area (Å²) in [5.41, 5.74) is -8.83. The highest BCUT2D eigenvalue weighted by Crippen LogP contribution is 2.29. The molecule has 53 heavy (non-hydrogen) atoms. The minimum Gasteiger partial charge on any atom is -0.456 e. The van der Waals surface area contributed by atoms with E-state index in [2.05, 4.69) is 9.88 Å². The first-order chi connectivity index (χ1) is 25.6. The van der Waals surface area contributed by atoms with Crippen molar-refractivity contribution in [2.24, 2.45) is 0 Å². The topological polar surface area (TPSA) is 206 Å². The molecule has 0 N–H and O–H groups in total. The predicted molar refractivity (Wildman–Crippen MR) is 191 cm³/mol. The first-order valence-electron chi connectivity index (χ1n) is 16.3. The quantitative estimate of drug-likeness (QED) is 0.163. The fraction of sp³-hybridized carbons (Fsp3) is 0.189.